The van der Waals surface area contributed by atoms with E-state index in [1.54, 1.807) is 7.11 Å². The third kappa shape index (κ3) is 4.45. The van der Waals surface area contributed by atoms with Gasteiger partial charge in [0.2, 0.25) is 0 Å². The molecule has 0 radical (unpaired) electrons. The molecular weight excluding hydrogens is 260 g/mol. The summed E-state index contributed by atoms with van der Waals surface area (Å²) in [7, 11) is 1.75. The molecule has 1 fully saturated rings. The number of benzene rings is 1. The predicted molar refractivity (Wildman–Crippen MR) is 89.0 cm³/mol. The van der Waals surface area contributed by atoms with Crippen LogP contribution in [0.4, 0.5) is 0 Å². The molecular formula is C18H30N2O. The van der Waals surface area contributed by atoms with Gasteiger partial charge in [0.25, 0.3) is 0 Å². The van der Waals surface area contributed by atoms with Crippen molar-refractivity contribution in [1.82, 2.24) is 10.2 Å². The van der Waals surface area contributed by atoms with Crippen molar-refractivity contribution < 1.29 is 4.74 Å². The number of nitrogens with zero attached hydrogens (tertiary/aromatic N) is 1. The molecule has 1 aliphatic heterocycles. The van der Waals surface area contributed by atoms with Crippen LogP contribution < -0.4 is 10.1 Å². The molecule has 1 heterocycles. The Kier molecular flexibility index (Phi) is 6.07. The van der Waals surface area contributed by atoms with E-state index < -0.39 is 0 Å². The van der Waals surface area contributed by atoms with Crippen molar-refractivity contribution in [3.63, 3.8) is 0 Å². The highest BCUT2D eigenvalue weighted by Crippen LogP contribution is 2.26. The van der Waals surface area contributed by atoms with E-state index >= 15 is 0 Å². The van der Waals surface area contributed by atoms with Crippen LogP contribution in [0.3, 0.4) is 0 Å². The van der Waals surface area contributed by atoms with E-state index in [0.717, 1.165) is 12.3 Å². The summed E-state index contributed by atoms with van der Waals surface area (Å²) >= 11 is 0. The van der Waals surface area contributed by atoms with Crippen LogP contribution in [0.1, 0.15) is 50.3 Å². The molecule has 118 valence electrons. The van der Waals surface area contributed by atoms with Crippen molar-refractivity contribution in [3.05, 3.63) is 29.3 Å². The first-order chi connectivity index (χ1) is 10.1. The molecule has 1 saturated heterocycles. The molecule has 0 saturated carbocycles. The van der Waals surface area contributed by atoms with E-state index in [2.05, 4.69) is 49.2 Å². The summed E-state index contributed by atoms with van der Waals surface area (Å²) < 4.78 is 5.49. The highest BCUT2D eigenvalue weighted by atomic mass is 16.5. The molecule has 2 unspecified atom stereocenters. The minimum atomic E-state index is 0.312. The number of nitrogens with one attached hydrogen (secondary N) is 1. The average molecular weight is 290 g/mol. The first kappa shape index (κ1) is 16.3. The first-order valence-corrected chi connectivity index (χ1v) is 8.23. The second-order valence-corrected chi connectivity index (χ2v) is 6.32. The molecule has 3 nitrogen and oxygen atoms in total. The molecule has 3 heteroatoms. The van der Waals surface area contributed by atoms with Crippen LogP contribution in [0.15, 0.2) is 18.2 Å². The second-order valence-electron chi connectivity index (χ2n) is 6.32. The highest BCUT2D eigenvalue weighted by Gasteiger charge is 2.18. The molecule has 0 bridgehead atoms. The Morgan fingerprint density at radius 3 is 2.57 bits per heavy atom. The van der Waals surface area contributed by atoms with Crippen molar-refractivity contribution in [2.45, 2.75) is 52.1 Å². The van der Waals surface area contributed by atoms with Gasteiger partial charge in [-0.15, -0.1) is 0 Å². The van der Waals surface area contributed by atoms with Gasteiger partial charge in [-0.1, -0.05) is 24.1 Å². The third-order valence-electron chi connectivity index (χ3n) is 4.59. The van der Waals surface area contributed by atoms with Gasteiger partial charge in [0, 0.05) is 24.2 Å². The Bertz CT molecular complexity index is 441. The standard InChI is InChI=1S/C18H30N2O/c1-14-8-9-18(21-4)17(12-14)16(3)19-13-15(2)20-10-6-5-7-11-20/h8-9,12,15-16,19H,5-7,10-11,13H2,1-4H3. The first-order valence-electron chi connectivity index (χ1n) is 8.23. The van der Waals surface area contributed by atoms with Gasteiger partial charge in [0.05, 0.1) is 7.11 Å². The Hall–Kier alpha value is -1.06. The maximum absolute atomic E-state index is 5.49. The van der Waals surface area contributed by atoms with Crippen LogP contribution in [-0.2, 0) is 0 Å². The summed E-state index contributed by atoms with van der Waals surface area (Å²) in [6, 6.07) is 7.31. The van der Waals surface area contributed by atoms with E-state index in [1.165, 1.54) is 43.5 Å². The van der Waals surface area contributed by atoms with Gasteiger partial charge in [0.1, 0.15) is 5.75 Å². The number of methoxy groups -OCH3 is 1. The maximum Gasteiger partial charge on any atom is 0.123 e. The molecule has 21 heavy (non-hydrogen) atoms. The van der Waals surface area contributed by atoms with Gasteiger partial charge in [-0.3, -0.25) is 4.90 Å². The van der Waals surface area contributed by atoms with Gasteiger partial charge < -0.3 is 10.1 Å². The zero-order chi connectivity index (χ0) is 15.2. The lowest BCUT2D eigenvalue weighted by atomic mass is 10.0. The van der Waals surface area contributed by atoms with Crippen LogP contribution in [0, 0.1) is 6.92 Å². The predicted octanol–water partition coefficient (Wildman–Crippen LogP) is 3.53. The minimum absolute atomic E-state index is 0.312. The van der Waals surface area contributed by atoms with Crippen LogP contribution in [0.5, 0.6) is 5.75 Å². The van der Waals surface area contributed by atoms with Crippen molar-refractivity contribution in [2.24, 2.45) is 0 Å². The average Bonchev–Trinajstić information content (AvgIpc) is 2.53. The summed E-state index contributed by atoms with van der Waals surface area (Å²) in [5.41, 5.74) is 2.53. The van der Waals surface area contributed by atoms with Gasteiger partial charge in [0.15, 0.2) is 0 Å². The molecule has 0 aliphatic carbocycles. The highest BCUT2D eigenvalue weighted by molar-refractivity contribution is 5.38. The summed E-state index contributed by atoms with van der Waals surface area (Å²) in [6.45, 7) is 10.2. The molecule has 2 rings (SSSR count). The smallest absolute Gasteiger partial charge is 0.123 e. The number of rotatable bonds is 6. The van der Waals surface area contributed by atoms with Crippen LogP contribution in [0.2, 0.25) is 0 Å². The van der Waals surface area contributed by atoms with E-state index in [0.29, 0.717) is 12.1 Å². The van der Waals surface area contributed by atoms with E-state index in [1.807, 2.05) is 0 Å². The normalized spacial score (nSPS) is 19.2. The molecule has 1 aliphatic rings. The largest absolute Gasteiger partial charge is 0.496 e. The lowest BCUT2D eigenvalue weighted by molar-refractivity contribution is 0.168. The van der Waals surface area contributed by atoms with E-state index in [4.69, 9.17) is 4.74 Å². The van der Waals surface area contributed by atoms with Crippen molar-refractivity contribution in [3.8, 4) is 5.75 Å². The van der Waals surface area contributed by atoms with E-state index in [9.17, 15) is 0 Å². The number of aryl methyl sites for hydroxylation is 1. The SMILES string of the molecule is COc1ccc(C)cc1C(C)NCC(C)N1CCCCC1. The number of ether oxygens (including phenoxy) is 1. The quantitative estimate of drug-likeness (QED) is 0.867. The van der Waals surface area contributed by atoms with Crippen LogP contribution >= 0.6 is 0 Å². The summed E-state index contributed by atoms with van der Waals surface area (Å²) in [5.74, 6) is 0.978. The zero-order valence-corrected chi connectivity index (χ0v) is 14.0. The van der Waals surface area contributed by atoms with Crippen LogP contribution in [0.25, 0.3) is 0 Å². The van der Waals surface area contributed by atoms with Crippen molar-refractivity contribution in [1.29, 1.82) is 0 Å². The summed E-state index contributed by atoms with van der Waals surface area (Å²) in [6.07, 6.45) is 4.10. The van der Waals surface area contributed by atoms with Crippen molar-refractivity contribution in [2.75, 3.05) is 26.7 Å². The summed E-state index contributed by atoms with van der Waals surface area (Å²) in [4.78, 5) is 2.61. The third-order valence-corrected chi connectivity index (χ3v) is 4.59. The molecule has 1 aromatic rings. The Morgan fingerprint density at radius 1 is 1.19 bits per heavy atom. The fourth-order valence-corrected chi connectivity index (χ4v) is 3.14. The second kappa shape index (κ2) is 7.81. The molecule has 1 N–H and O–H groups in total. The lowest BCUT2D eigenvalue weighted by Gasteiger charge is -2.33. The lowest BCUT2D eigenvalue weighted by Crippen LogP contribution is -2.43. The molecule has 1 aromatic carbocycles. The molecule has 2 atom stereocenters. The van der Waals surface area contributed by atoms with Gasteiger partial charge in [-0.25, -0.2) is 0 Å². The number of hydrogen-bond acceptors (Lipinski definition) is 3. The Labute approximate surface area is 129 Å². The van der Waals surface area contributed by atoms with Gasteiger partial charge in [-0.05, 0) is 52.8 Å². The Balaban J connectivity index is 1.91. The van der Waals surface area contributed by atoms with E-state index in [-0.39, 0.29) is 0 Å². The zero-order valence-electron chi connectivity index (χ0n) is 14.0. The Morgan fingerprint density at radius 2 is 1.90 bits per heavy atom. The topological polar surface area (TPSA) is 24.5 Å². The number of hydrogen-bond donors (Lipinski definition) is 1. The van der Waals surface area contributed by atoms with Gasteiger partial charge >= 0.3 is 0 Å². The summed E-state index contributed by atoms with van der Waals surface area (Å²) in [5, 5.41) is 3.68. The monoisotopic (exact) mass is 290 g/mol. The minimum Gasteiger partial charge on any atom is -0.496 e. The maximum atomic E-state index is 5.49. The number of likely N-dealkylation sites (tertiary alicyclic amines) is 1. The van der Waals surface area contributed by atoms with Gasteiger partial charge in [-0.2, -0.15) is 0 Å². The van der Waals surface area contributed by atoms with Crippen molar-refractivity contribution >= 4 is 0 Å². The fraction of sp³-hybridized carbons (Fsp3) is 0.667. The number of piperidine rings is 1. The van der Waals surface area contributed by atoms with Crippen LogP contribution in [-0.4, -0.2) is 37.7 Å². The molecule has 0 amide bonds. The fourth-order valence-electron chi connectivity index (χ4n) is 3.14. The molecule has 0 spiro atoms. The molecule has 0 aromatic heterocycles.